The molecule has 1 heterocycles. The van der Waals surface area contributed by atoms with Crippen LogP contribution in [0.15, 0.2) is 10.7 Å². The summed E-state index contributed by atoms with van der Waals surface area (Å²) in [6.07, 6.45) is 1.50. The Morgan fingerprint density at radius 1 is 1.20 bits per heavy atom. The van der Waals surface area contributed by atoms with Crippen LogP contribution in [0, 0.1) is 0 Å². The highest BCUT2D eigenvalue weighted by Crippen LogP contribution is 2.33. The van der Waals surface area contributed by atoms with Crippen molar-refractivity contribution in [2.45, 2.75) is 0 Å². The summed E-state index contributed by atoms with van der Waals surface area (Å²) in [4.78, 5) is 3.74. The van der Waals surface area contributed by atoms with Crippen molar-refractivity contribution >= 4 is 50.7 Å². The lowest BCUT2D eigenvalue weighted by Gasteiger charge is -1.98. The normalized spacial score (nSPS) is 10.0. The van der Waals surface area contributed by atoms with Crippen molar-refractivity contribution < 1.29 is 0 Å². The molecule has 0 aliphatic rings. The summed E-state index contributed by atoms with van der Waals surface area (Å²) in [5, 5.41) is 0.884. The van der Waals surface area contributed by atoms with Crippen molar-refractivity contribution in [3.05, 3.63) is 25.9 Å². The minimum atomic E-state index is 0.217. The zero-order valence-electron chi connectivity index (χ0n) is 4.54. The van der Waals surface area contributed by atoms with E-state index in [1.165, 1.54) is 6.20 Å². The van der Waals surface area contributed by atoms with E-state index in [0.29, 0.717) is 9.50 Å². The first kappa shape index (κ1) is 8.60. The van der Waals surface area contributed by atoms with E-state index < -0.39 is 0 Å². The van der Waals surface area contributed by atoms with Crippen LogP contribution in [0.4, 0.5) is 0 Å². The Bertz CT molecular complexity index is 236. The summed E-state index contributed by atoms with van der Waals surface area (Å²) >= 11 is 20.0. The number of aromatic nitrogens is 1. The summed E-state index contributed by atoms with van der Waals surface area (Å²) in [6.45, 7) is 0. The Hall–Kier alpha value is 0.500. The van der Waals surface area contributed by atoms with Gasteiger partial charge in [0.05, 0.1) is 14.5 Å². The SMILES string of the molecule is Clc1ncc(Br)c(Cl)c1Cl. The molecule has 0 fully saturated rings. The number of nitrogens with zero attached hydrogens (tertiary/aromatic N) is 1. The van der Waals surface area contributed by atoms with Crippen LogP contribution in [0.3, 0.4) is 0 Å². The predicted molar refractivity (Wildman–Crippen MR) is 47.0 cm³/mol. The van der Waals surface area contributed by atoms with Crippen molar-refractivity contribution in [2.75, 3.05) is 0 Å². The fourth-order valence-electron chi connectivity index (χ4n) is 0.422. The van der Waals surface area contributed by atoms with Gasteiger partial charge in [0.15, 0.2) is 0 Å². The van der Waals surface area contributed by atoms with Crippen molar-refractivity contribution in [3.63, 3.8) is 0 Å². The Kier molecular flexibility index (Phi) is 2.81. The molecular weight excluding hydrogens is 260 g/mol. The third kappa shape index (κ3) is 1.56. The van der Waals surface area contributed by atoms with Crippen LogP contribution in [0.25, 0.3) is 0 Å². The third-order valence-electron chi connectivity index (χ3n) is 0.875. The average Bonchev–Trinajstić information content (AvgIpc) is 1.93. The zero-order chi connectivity index (χ0) is 7.72. The number of halogens is 4. The molecule has 10 heavy (non-hydrogen) atoms. The van der Waals surface area contributed by atoms with E-state index in [2.05, 4.69) is 20.9 Å². The lowest BCUT2D eigenvalue weighted by atomic mass is 10.5. The van der Waals surface area contributed by atoms with E-state index in [9.17, 15) is 0 Å². The van der Waals surface area contributed by atoms with Crippen LogP contribution in [-0.2, 0) is 0 Å². The molecule has 0 radical (unpaired) electrons. The van der Waals surface area contributed by atoms with Crippen LogP contribution in [0.2, 0.25) is 15.2 Å². The molecule has 0 saturated carbocycles. The highest BCUT2D eigenvalue weighted by atomic mass is 79.9. The van der Waals surface area contributed by atoms with Crippen LogP contribution < -0.4 is 0 Å². The van der Waals surface area contributed by atoms with Gasteiger partial charge in [-0.15, -0.1) is 0 Å². The van der Waals surface area contributed by atoms with E-state index in [-0.39, 0.29) is 10.2 Å². The summed E-state index contributed by atoms with van der Waals surface area (Å²) in [7, 11) is 0. The van der Waals surface area contributed by atoms with Gasteiger partial charge in [-0.2, -0.15) is 0 Å². The molecule has 0 atom stereocenters. The van der Waals surface area contributed by atoms with Crippen molar-refractivity contribution in [2.24, 2.45) is 0 Å². The molecule has 0 bridgehead atoms. The Labute approximate surface area is 81.4 Å². The molecule has 5 heteroatoms. The fourth-order valence-corrected chi connectivity index (χ4v) is 1.32. The summed E-state index contributed by atoms with van der Waals surface area (Å²) in [5.74, 6) is 0. The van der Waals surface area contributed by atoms with Crippen molar-refractivity contribution in [1.29, 1.82) is 0 Å². The van der Waals surface area contributed by atoms with E-state index in [1.807, 2.05) is 0 Å². The summed E-state index contributed by atoms with van der Waals surface area (Å²) in [6, 6.07) is 0. The molecular formula is C5HBrCl3N. The van der Waals surface area contributed by atoms with Gasteiger partial charge in [-0.1, -0.05) is 34.8 Å². The molecule has 1 aromatic heterocycles. The highest BCUT2D eigenvalue weighted by Gasteiger charge is 2.06. The predicted octanol–water partition coefficient (Wildman–Crippen LogP) is 3.80. The molecule has 0 unspecified atom stereocenters. The smallest absolute Gasteiger partial charge is 0.149 e. The lowest BCUT2D eigenvalue weighted by molar-refractivity contribution is 1.31. The summed E-state index contributed by atoms with van der Waals surface area (Å²) < 4.78 is 0.642. The molecule has 0 aliphatic heterocycles. The van der Waals surface area contributed by atoms with E-state index in [1.54, 1.807) is 0 Å². The highest BCUT2D eigenvalue weighted by molar-refractivity contribution is 9.10. The molecule has 0 aromatic carbocycles. The van der Waals surface area contributed by atoms with Gasteiger partial charge < -0.3 is 0 Å². The molecule has 54 valence electrons. The fraction of sp³-hybridized carbons (Fsp3) is 0. The van der Waals surface area contributed by atoms with Gasteiger partial charge in [-0.05, 0) is 15.9 Å². The largest absolute Gasteiger partial charge is 0.242 e. The van der Waals surface area contributed by atoms with Crippen LogP contribution in [-0.4, -0.2) is 4.98 Å². The molecule has 1 rings (SSSR count). The Morgan fingerprint density at radius 3 is 2.30 bits per heavy atom. The second-order valence-corrected chi connectivity index (χ2v) is 3.49. The van der Waals surface area contributed by atoms with Gasteiger partial charge in [0.25, 0.3) is 0 Å². The number of hydrogen-bond donors (Lipinski definition) is 0. The first-order valence-electron chi connectivity index (χ1n) is 2.28. The quantitative estimate of drug-likeness (QED) is 0.647. The van der Waals surface area contributed by atoms with Gasteiger partial charge in [-0.3, -0.25) is 0 Å². The van der Waals surface area contributed by atoms with E-state index in [0.717, 1.165) is 0 Å². The molecule has 0 amide bonds. The maximum atomic E-state index is 5.68. The second-order valence-electron chi connectivity index (χ2n) is 1.52. The van der Waals surface area contributed by atoms with Crippen LogP contribution in [0.1, 0.15) is 0 Å². The molecule has 1 aromatic rings. The Morgan fingerprint density at radius 2 is 1.80 bits per heavy atom. The Balaban J connectivity index is 3.34. The number of pyridine rings is 1. The van der Waals surface area contributed by atoms with Crippen LogP contribution in [0.5, 0.6) is 0 Å². The molecule has 0 saturated heterocycles. The zero-order valence-corrected chi connectivity index (χ0v) is 8.39. The van der Waals surface area contributed by atoms with Gasteiger partial charge in [0.1, 0.15) is 5.15 Å². The first-order valence-corrected chi connectivity index (χ1v) is 4.20. The number of rotatable bonds is 0. The summed E-state index contributed by atoms with van der Waals surface area (Å²) in [5.41, 5.74) is 0. The van der Waals surface area contributed by atoms with Gasteiger partial charge in [0, 0.05) is 6.20 Å². The third-order valence-corrected chi connectivity index (χ3v) is 2.94. The molecule has 0 spiro atoms. The minimum Gasteiger partial charge on any atom is -0.242 e. The first-order chi connectivity index (χ1) is 4.63. The maximum Gasteiger partial charge on any atom is 0.149 e. The van der Waals surface area contributed by atoms with Crippen LogP contribution >= 0.6 is 50.7 Å². The van der Waals surface area contributed by atoms with Crippen molar-refractivity contribution in [3.8, 4) is 0 Å². The minimum absolute atomic E-state index is 0.217. The molecule has 0 aliphatic carbocycles. The van der Waals surface area contributed by atoms with Crippen molar-refractivity contribution in [1.82, 2.24) is 4.98 Å². The average molecular weight is 261 g/mol. The van der Waals surface area contributed by atoms with E-state index in [4.69, 9.17) is 34.8 Å². The maximum absolute atomic E-state index is 5.68. The van der Waals surface area contributed by atoms with Gasteiger partial charge in [0.2, 0.25) is 0 Å². The molecule has 0 N–H and O–H groups in total. The standard InChI is InChI=1S/C5HBrCl3N/c6-2-1-10-5(9)4(8)3(2)7/h1H. The van der Waals surface area contributed by atoms with Gasteiger partial charge >= 0.3 is 0 Å². The molecule has 1 nitrogen and oxygen atoms in total. The van der Waals surface area contributed by atoms with E-state index >= 15 is 0 Å². The monoisotopic (exact) mass is 259 g/mol. The number of hydrogen-bond acceptors (Lipinski definition) is 1. The second kappa shape index (κ2) is 3.26. The lowest BCUT2D eigenvalue weighted by Crippen LogP contribution is -1.78. The van der Waals surface area contributed by atoms with Gasteiger partial charge in [-0.25, -0.2) is 4.98 Å². The topological polar surface area (TPSA) is 12.9 Å².